The summed E-state index contributed by atoms with van der Waals surface area (Å²) in [5.74, 6) is 1.36. The Balaban J connectivity index is 4.29. The molecule has 0 aliphatic heterocycles. The van der Waals surface area contributed by atoms with Crippen molar-refractivity contribution in [2.75, 3.05) is 18.6 Å². The Kier molecular flexibility index (Phi) is 7.24. The van der Waals surface area contributed by atoms with Crippen molar-refractivity contribution in [3.63, 3.8) is 0 Å². The van der Waals surface area contributed by atoms with Crippen LogP contribution in [0.2, 0.25) is 0 Å². The first-order valence-electron chi connectivity index (χ1n) is 5.74. The molecule has 0 heterocycles. The van der Waals surface area contributed by atoms with Crippen molar-refractivity contribution >= 4 is 17.7 Å². The molecule has 3 nitrogen and oxygen atoms in total. The topological polar surface area (TPSA) is 52.9 Å². The number of carbonyl (C=O) groups excluding carboxylic acids is 1. The monoisotopic (exact) mass is 242 g/mol. The zero-order chi connectivity index (χ0) is 12.6. The van der Waals surface area contributed by atoms with Gasteiger partial charge in [0.05, 0.1) is 6.07 Å². The maximum atomic E-state index is 11.9. The predicted octanol–water partition coefficient (Wildman–Crippen LogP) is 2.43. The van der Waals surface area contributed by atoms with Gasteiger partial charge in [-0.3, -0.25) is 4.79 Å². The summed E-state index contributed by atoms with van der Waals surface area (Å²) in [7, 11) is 0. The number of carbonyl (C=O) groups is 1. The maximum Gasteiger partial charge on any atom is 0.240 e. The molecule has 92 valence electrons. The fourth-order valence-corrected chi connectivity index (χ4v) is 2.25. The van der Waals surface area contributed by atoms with E-state index in [-0.39, 0.29) is 5.91 Å². The number of hydrogen-bond donors (Lipinski definition) is 1. The van der Waals surface area contributed by atoms with E-state index in [0.29, 0.717) is 25.3 Å². The van der Waals surface area contributed by atoms with Crippen LogP contribution in [0, 0.1) is 22.7 Å². The third-order valence-electron chi connectivity index (χ3n) is 2.92. The quantitative estimate of drug-likeness (QED) is 0.746. The Morgan fingerprint density at radius 3 is 2.44 bits per heavy atom. The zero-order valence-electron chi connectivity index (χ0n) is 10.7. The SMILES string of the molecule is CCC(C#N)(CC)C(=O)NCC(C)CSC. The van der Waals surface area contributed by atoms with Gasteiger partial charge in [0.25, 0.3) is 0 Å². The molecule has 0 spiro atoms. The molecule has 1 unspecified atom stereocenters. The summed E-state index contributed by atoms with van der Waals surface area (Å²) >= 11 is 1.77. The largest absolute Gasteiger partial charge is 0.354 e. The van der Waals surface area contributed by atoms with E-state index in [1.165, 1.54) is 0 Å². The minimum absolute atomic E-state index is 0.118. The van der Waals surface area contributed by atoms with E-state index >= 15 is 0 Å². The van der Waals surface area contributed by atoms with E-state index in [4.69, 9.17) is 5.26 Å². The van der Waals surface area contributed by atoms with Gasteiger partial charge in [0.1, 0.15) is 5.41 Å². The number of nitrogens with zero attached hydrogens (tertiary/aromatic N) is 1. The molecule has 0 radical (unpaired) electrons. The van der Waals surface area contributed by atoms with Gasteiger partial charge in [-0.25, -0.2) is 0 Å². The summed E-state index contributed by atoms with van der Waals surface area (Å²) in [5.41, 5.74) is -0.834. The Morgan fingerprint density at radius 1 is 1.50 bits per heavy atom. The standard InChI is InChI=1S/C12H22N2OS/c1-5-12(6-2,9-13)11(15)14-7-10(3)8-16-4/h10H,5-8H2,1-4H3,(H,14,15). The second kappa shape index (κ2) is 7.56. The second-order valence-electron chi connectivity index (χ2n) is 4.17. The van der Waals surface area contributed by atoms with Gasteiger partial charge in [-0.2, -0.15) is 17.0 Å². The molecule has 0 aliphatic rings. The minimum atomic E-state index is -0.834. The highest BCUT2D eigenvalue weighted by molar-refractivity contribution is 7.98. The minimum Gasteiger partial charge on any atom is -0.354 e. The second-order valence-corrected chi connectivity index (χ2v) is 5.08. The Hall–Kier alpha value is -0.690. The molecule has 0 aromatic heterocycles. The molecular formula is C12H22N2OS. The highest BCUT2D eigenvalue weighted by atomic mass is 32.2. The first-order chi connectivity index (χ1) is 7.56. The van der Waals surface area contributed by atoms with E-state index in [9.17, 15) is 4.79 Å². The van der Waals surface area contributed by atoms with Crippen LogP contribution in [0.15, 0.2) is 0 Å². The normalized spacial score (nSPS) is 12.9. The number of thioether (sulfide) groups is 1. The first kappa shape index (κ1) is 15.3. The van der Waals surface area contributed by atoms with E-state index in [1.54, 1.807) is 11.8 Å². The van der Waals surface area contributed by atoms with Gasteiger partial charge >= 0.3 is 0 Å². The highest BCUT2D eigenvalue weighted by Crippen LogP contribution is 2.25. The maximum absolute atomic E-state index is 11.9. The molecule has 0 saturated carbocycles. The molecule has 0 bridgehead atoms. The van der Waals surface area contributed by atoms with Gasteiger partial charge in [0.2, 0.25) is 5.91 Å². The lowest BCUT2D eigenvalue weighted by Gasteiger charge is -2.23. The van der Waals surface area contributed by atoms with Crippen molar-refractivity contribution in [2.24, 2.45) is 11.3 Å². The Bertz CT molecular complexity index is 256. The van der Waals surface area contributed by atoms with Crippen molar-refractivity contribution in [3.05, 3.63) is 0 Å². The summed E-state index contributed by atoms with van der Waals surface area (Å²) in [6.45, 7) is 6.53. The molecule has 0 aliphatic carbocycles. The average molecular weight is 242 g/mol. The molecule has 1 amide bonds. The van der Waals surface area contributed by atoms with Crippen LogP contribution in [0.25, 0.3) is 0 Å². The smallest absolute Gasteiger partial charge is 0.240 e. The van der Waals surface area contributed by atoms with E-state index in [1.807, 2.05) is 13.8 Å². The van der Waals surface area contributed by atoms with Crippen molar-refractivity contribution in [2.45, 2.75) is 33.6 Å². The highest BCUT2D eigenvalue weighted by Gasteiger charge is 2.34. The van der Waals surface area contributed by atoms with Gasteiger partial charge in [-0.05, 0) is 30.8 Å². The summed E-state index contributed by atoms with van der Waals surface area (Å²) in [5, 5.41) is 12.0. The third kappa shape index (κ3) is 4.05. The molecule has 1 N–H and O–H groups in total. The van der Waals surface area contributed by atoms with Crippen LogP contribution in [0.4, 0.5) is 0 Å². The summed E-state index contributed by atoms with van der Waals surface area (Å²) in [6.07, 6.45) is 3.20. The van der Waals surface area contributed by atoms with Gasteiger partial charge in [-0.15, -0.1) is 0 Å². The molecule has 1 atom stereocenters. The molecule has 0 saturated heterocycles. The average Bonchev–Trinajstić information content (AvgIpc) is 2.30. The molecular weight excluding hydrogens is 220 g/mol. The van der Waals surface area contributed by atoms with Crippen LogP contribution in [0.1, 0.15) is 33.6 Å². The molecule has 0 aromatic rings. The van der Waals surface area contributed by atoms with Crippen LogP contribution < -0.4 is 5.32 Å². The van der Waals surface area contributed by atoms with E-state index in [0.717, 1.165) is 5.75 Å². The van der Waals surface area contributed by atoms with Crippen molar-refractivity contribution in [1.82, 2.24) is 5.32 Å². The van der Waals surface area contributed by atoms with Crippen molar-refractivity contribution < 1.29 is 4.79 Å². The lowest BCUT2D eigenvalue weighted by atomic mass is 9.83. The van der Waals surface area contributed by atoms with Crippen molar-refractivity contribution in [3.8, 4) is 6.07 Å². The fraction of sp³-hybridized carbons (Fsp3) is 0.833. The molecule has 0 aromatic carbocycles. The van der Waals surface area contributed by atoms with Gasteiger partial charge < -0.3 is 5.32 Å². The van der Waals surface area contributed by atoms with Gasteiger partial charge in [0, 0.05) is 6.54 Å². The Labute approximate surface area is 103 Å². The van der Waals surface area contributed by atoms with Gasteiger partial charge in [0.15, 0.2) is 0 Å². The van der Waals surface area contributed by atoms with E-state index in [2.05, 4.69) is 24.6 Å². The van der Waals surface area contributed by atoms with Crippen LogP contribution in [0.3, 0.4) is 0 Å². The molecule has 16 heavy (non-hydrogen) atoms. The molecule has 0 fully saturated rings. The van der Waals surface area contributed by atoms with Crippen LogP contribution in [0.5, 0.6) is 0 Å². The Morgan fingerprint density at radius 2 is 2.06 bits per heavy atom. The molecule has 0 rings (SSSR count). The van der Waals surface area contributed by atoms with Crippen molar-refractivity contribution in [1.29, 1.82) is 5.26 Å². The first-order valence-corrected chi connectivity index (χ1v) is 7.14. The van der Waals surface area contributed by atoms with Gasteiger partial charge in [-0.1, -0.05) is 20.8 Å². The van der Waals surface area contributed by atoms with E-state index < -0.39 is 5.41 Å². The number of amides is 1. The zero-order valence-corrected chi connectivity index (χ0v) is 11.5. The summed E-state index contributed by atoms with van der Waals surface area (Å²) < 4.78 is 0. The summed E-state index contributed by atoms with van der Waals surface area (Å²) in [6, 6.07) is 2.15. The number of nitriles is 1. The molecule has 4 heteroatoms. The number of nitrogens with one attached hydrogen (secondary N) is 1. The lowest BCUT2D eigenvalue weighted by molar-refractivity contribution is -0.128. The third-order valence-corrected chi connectivity index (χ3v) is 3.82. The van der Waals surface area contributed by atoms with Crippen LogP contribution >= 0.6 is 11.8 Å². The number of hydrogen-bond acceptors (Lipinski definition) is 3. The van der Waals surface area contributed by atoms with Crippen LogP contribution in [-0.4, -0.2) is 24.5 Å². The number of rotatable bonds is 7. The summed E-state index contributed by atoms with van der Waals surface area (Å²) in [4.78, 5) is 11.9. The predicted molar refractivity (Wildman–Crippen MR) is 69.2 cm³/mol. The lowest BCUT2D eigenvalue weighted by Crippen LogP contribution is -2.41. The fourth-order valence-electron chi connectivity index (χ4n) is 1.56. The van der Waals surface area contributed by atoms with Crippen LogP contribution in [-0.2, 0) is 4.79 Å².